The van der Waals surface area contributed by atoms with E-state index in [1.807, 2.05) is 6.82 Å². The molecule has 2 fully saturated rings. The quantitative estimate of drug-likeness (QED) is 0.847. The summed E-state index contributed by atoms with van der Waals surface area (Å²) in [6.07, 6.45) is 6.62. The van der Waals surface area contributed by atoms with E-state index >= 15 is 0 Å². The molecule has 5 nitrogen and oxygen atoms in total. The zero-order valence-corrected chi connectivity index (χ0v) is 13.3. The van der Waals surface area contributed by atoms with Gasteiger partial charge in [-0.2, -0.15) is 0 Å². The summed E-state index contributed by atoms with van der Waals surface area (Å²) in [6, 6.07) is 2.68. The number of rotatable bonds is 2. The Morgan fingerprint density at radius 1 is 1.32 bits per heavy atom. The van der Waals surface area contributed by atoms with Gasteiger partial charge in [-0.15, -0.1) is 10.2 Å². The molecule has 116 valence electrons. The van der Waals surface area contributed by atoms with Gasteiger partial charge in [-0.3, -0.25) is 0 Å². The molecule has 7 heteroatoms. The Balaban J connectivity index is 1.61. The molecular weight excluding hydrogens is 300 g/mol. The molecule has 0 amide bonds. The highest BCUT2D eigenvalue weighted by molar-refractivity contribution is 6.45. The second-order valence-electron chi connectivity index (χ2n) is 6.48. The second-order valence-corrected chi connectivity index (χ2v) is 6.87. The van der Waals surface area contributed by atoms with Crippen LogP contribution >= 0.6 is 11.6 Å². The number of piperidine rings is 1. The zero-order chi connectivity index (χ0) is 15.3. The van der Waals surface area contributed by atoms with Crippen molar-refractivity contribution in [2.75, 3.05) is 6.61 Å². The van der Waals surface area contributed by atoms with Crippen LogP contribution in [0.15, 0.2) is 12.1 Å². The van der Waals surface area contributed by atoms with Crippen molar-refractivity contribution in [3.05, 3.63) is 23.0 Å². The lowest BCUT2D eigenvalue weighted by atomic mass is 9.74. The maximum absolute atomic E-state index is 10.00. The number of fused-ring (bicyclic) bond motifs is 3. The largest absolute Gasteiger partial charge is 0.487 e. The SMILES string of the molecule is CB(O)N1[C@@H]2CC[C@H]1C[C@H](C1=CCOc3cc(Cl)nnc31)C2. The van der Waals surface area contributed by atoms with Crippen LogP contribution in [0.2, 0.25) is 12.0 Å². The highest BCUT2D eigenvalue weighted by atomic mass is 35.5. The average molecular weight is 320 g/mol. The van der Waals surface area contributed by atoms with Gasteiger partial charge in [0.05, 0.1) is 0 Å². The number of aromatic nitrogens is 2. The third-order valence-corrected chi connectivity index (χ3v) is 5.39. The van der Waals surface area contributed by atoms with Gasteiger partial charge in [0.2, 0.25) is 0 Å². The summed E-state index contributed by atoms with van der Waals surface area (Å²) >= 11 is 5.91. The van der Waals surface area contributed by atoms with Crippen LogP contribution in [0.1, 0.15) is 31.4 Å². The summed E-state index contributed by atoms with van der Waals surface area (Å²) in [5.74, 6) is 1.20. The highest BCUT2D eigenvalue weighted by Crippen LogP contribution is 2.45. The minimum absolute atomic E-state index is 0.354. The van der Waals surface area contributed by atoms with Crippen LogP contribution in [-0.2, 0) is 0 Å². The Morgan fingerprint density at radius 2 is 2.05 bits per heavy atom. The van der Waals surface area contributed by atoms with E-state index < -0.39 is 0 Å². The summed E-state index contributed by atoms with van der Waals surface area (Å²) in [5, 5.41) is 18.6. The number of halogens is 1. The highest BCUT2D eigenvalue weighted by Gasteiger charge is 2.45. The van der Waals surface area contributed by atoms with E-state index in [-0.39, 0.29) is 7.05 Å². The van der Waals surface area contributed by atoms with Crippen LogP contribution in [0.3, 0.4) is 0 Å². The molecule has 22 heavy (non-hydrogen) atoms. The number of hydrogen-bond acceptors (Lipinski definition) is 5. The summed E-state index contributed by atoms with van der Waals surface area (Å²) < 4.78 is 5.64. The van der Waals surface area contributed by atoms with E-state index in [0.29, 0.717) is 29.8 Å². The third kappa shape index (κ3) is 2.34. The molecule has 4 heterocycles. The first-order chi connectivity index (χ1) is 10.6. The van der Waals surface area contributed by atoms with E-state index in [2.05, 4.69) is 21.1 Å². The van der Waals surface area contributed by atoms with Crippen LogP contribution in [0, 0.1) is 5.92 Å². The molecule has 2 bridgehead atoms. The molecule has 2 saturated heterocycles. The minimum Gasteiger partial charge on any atom is -0.487 e. The molecule has 0 saturated carbocycles. The molecule has 3 atom stereocenters. The Labute approximate surface area is 135 Å². The van der Waals surface area contributed by atoms with Crippen LogP contribution < -0.4 is 4.74 Å². The first kappa shape index (κ1) is 14.5. The topological polar surface area (TPSA) is 58.5 Å². The smallest absolute Gasteiger partial charge is 0.376 e. The molecule has 3 aliphatic rings. The van der Waals surface area contributed by atoms with E-state index in [4.69, 9.17) is 16.3 Å². The Kier molecular flexibility index (Phi) is 3.63. The van der Waals surface area contributed by atoms with Gasteiger partial charge in [0, 0.05) is 18.2 Å². The van der Waals surface area contributed by atoms with Crippen molar-refractivity contribution in [1.82, 2.24) is 15.0 Å². The molecule has 0 aromatic carbocycles. The van der Waals surface area contributed by atoms with Crippen LogP contribution in [0.25, 0.3) is 5.57 Å². The summed E-state index contributed by atoms with van der Waals surface area (Å²) in [5.41, 5.74) is 2.08. The van der Waals surface area contributed by atoms with Crippen molar-refractivity contribution in [2.45, 2.75) is 44.6 Å². The predicted molar refractivity (Wildman–Crippen MR) is 85.7 cm³/mol. The van der Waals surface area contributed by atoms with Gasteiger partial charge in [0.25, 0.3) is 0 Å². The van der Waals surface area contributed by atoms with Crippen molar-refractivity contribution in [2.24, 2.45) is 5.92 Å². The maximum Gasteiger partial charge on any atom is 0.376 e. The molecule has 1 aromatic heterocycles. The van der Waals surface area contributed by atoms with Gasteiger partial charge in [-0.25, -0.2) is 0 Å². The normalized spacial score (nSPS) is 30.5. The molecule has 0 aliphatic carbocycles. The Bertz CT molecular complexity index is 611. The molecule has 1 aromatic rings. The van der Waals surface area contributed by atoms with Gasteiger partial charge >= 0.3 is 7.05 Å². The standard InChI is InChI=1S/C15H19BClN3O2/c1-16(21)20-10-2-3-11(20)7-9(6-10)12-4-5-22-13-8-14(17)18-19-15(12)13/h4,8-11,21H,2-3,5-7H2,1H3/t9-,10-,11+. The lowest BCUT2D eigenvalue weighted by Crippen LogP contribution is -2.50. The van der Waals surface area contributed by atoms with Crippen molar-refractivity contribution >= 4 is 24.2 Å². The lowest BCUT2D eigenvalue weighted by molar-refractivity contribution is 0.192. The lowest BCUT2D eigenvalue weighted by Gasteiger charge is -2.41. The molecule has 0 unspecified atom stereocenters. The fourth-order valence-electron chi connectivity index (χ4n) is 4.42. The first-order valence-electron chi connectivity index (χ1n) is 7.95. The fourth-order valence-corrected chi connectivity index (χ4v) is 4.55. The number of ether oxygens (including phenoxy) is 1. The van der Waals surface area contributed by atoms with Crippen molar-refractivity contribution < 1.29 is 9.76 Å². The Hall–Kier alpha value is -1.11. The molecule has 1 N–H and O–H groups in total. The second kappa shape index (κ2) is 5.51. The predicted octanol–water partition coefficient (Wildman–Crippen LogP) is 2.26. The van der Waals surface area contributed by atoms with E-state index in [1.165, 1.54) is 18.4 Å². The maximum atomic E-state index is 10.00. The summed E-state index contributed by atoms with van der Waals surface area (Å²) in [6.45, 7) is 2.44. The minimum atomic E-state index is -0.354. The van der Waals surface area contributed by atoms with E-state index in [0.717, 1.165) is 24.3 Å². The van der Waals surface area contributed by atoms with Crippen molar-refractivity contribution in [3.63, 3.8) is 0 Å². The van der Waals surface area contributed by atoms with Crippen LogP contribution in [0.4, 0.5) is 0 Å². The van der Waals surface area contributed by atoms with E-state index in [9.17, 15) is 5.02 Å². The molecule has 0 radical (unpaired) electrons. The third-order valence-electron chi connectivity index (χ3n) is 5.21. The van der Waals surface area contributed by atoms with Crippen LogP contribution in [-0.4, -0.2) is 45.8 Å². The summed E-state index contributed by atoms with van der Waals surface area (Å²) in [7, 11) is -0.354. The van der Waals surface area contributed by atoms with Gasteiger partial charge in [0.1, 0.15) is 12.3 Å². The van der Waals surface area contributed by atoms with Gasteiger partial charge in [0.15, 0.2) is 10.9 Å². The molecule has 4 rings (SSSR count). The molecule has 3 aliphatic heterocycles. The fraction of sp³-hybridized carbons (Fsp3) is 0.600. The van der Waals surface area contributed by atoms with E-state index in [1.54, 1.807) is 6.07 Å². The summed E-state index contributed by atoms with van der Waals surface area (Å²) in [4.78, 5) is 2.28. The van der Waals surface area contributed by atoms with Crippen molar-refractivity contribution in [3.8, 4) is 5.75 Å². The zero-order valence-electron chi connectivity index (χ0n) is 12.6. The number of nitrogens with zero attached hydrogens (tertiary/aromatic N) is 3. The molecule has 0 spiro atoms. The van der Waals surface area contributed by atoms with Gasteiger partial charge < -0.3 is 14.6 Å². The number of allylic oxidation sites excluding steroid dienone is 1. The van der Waals surface area contributed by atoms with Gasteiger partial charge in [-0.05, 0) is 50.1 Å². The average Bonchev–Trinajstić information content (AvgIpc) is 2.77. The van der Waals surface area contributed by atoms with Crippen LogP contribution in [0.5, 0.6) is 5.75 Å². The molecular formula is C15H19BClN3O2. The Morgan fingerprint density at radius 3 is 2.73 bits per heavy atom. The van der Waals surface area contributed by atoms with Crippen molar-refractivity contribution in [1.29, 1.82) is 0 Å². The first-order valence-corrected chi connectivity index (χ1v) is 8.33. The monoisotopic (exact) mass is 319 g/mol. The number of hydrogen-bond donors (Lipinski definition) is 1. The van der Waals surface area contributed by atoms with Gasteiger partial charge in [-0.1, -0.05) is 11.6 Å².